The van der Waals surface area contributed by atoms with Crippen molar-refractivity contribution in [2.45, 2.75) is 57.4 Å². The predicted octanol–water partition coefficient (Wildman–Crippen LogP) is 3.80. The molecule has 4 rings (SSSR count). The minimum Gasteiger partial charge on any atom is -0.481 e. The van der Waals surface area contributed by atoms with E-state index in [4.69, 9.17) is 5.26 Å². The van der Waals surface area contributed by atoms with Gasteiger partial charge in [-0.2, -0.15) is 5.26 Å². The lowest BCUT2D eigenvalue weighted by Gasteiger charge is -2.47. The van der Waals surface area contributed by atoms with E-state index in [0.717, 1.165) is 63.7 Å². The molecular weight excluding hydrogens is 386 g/mol. The third-order valence-corrected chi connectivity index (χ3v) is 7.97. The van der Waals surface area contributed by atoms with E-state index >= 15 is 0 Å². The zero-order chi connectivity index (χ0) is 21.9. The lowest BCUT2D eigenvalue weighted by atomic mass is 9.67. The molecule has 31 heavy (non-hydrogen) atoms. The molecule has 0 amide bonds. The fourth-order valence-corrected chi connectivity index (χ4v) is 5.43. The van der Waals surface area contributed by atoms with E-state index in [0.29, 0.717) is 24.9 Å². The number of rotatable bonds is 10. The first kappa shape index (κ1) is 22.0. The molecule has 2 saturated carbocycles. The van der Waals surface area contributed by atoms with Crippen LogP contribution in [0.15, 0.2) is 36.9 Å². The van der Waals surface area contributed by atoms with Gasteiger partial charge >= 0.3 is 5.97 Å². The average Bonchev–Trinajstić information content (AvgIpc) is 3.51. The molecule has 1 aromatic carbocycles. The lowest BCUT2D eigenvalue weighted by Crippen LogP contribution is -2.52. The third-order valence-electron chi connectivity index (χ3n) is 7.97. The van der Waals surface area contributed by atoms with Gasteiger partial charge in [0.15, 0.2) is 0 Å². The Bertz CT molecular complexity index is 829. The van der Waals surface area contributed by atoms with E-state index in [1.165, 1.54) is 12.0 Å². The van der Waals surface area contributed by atoms with E-state index in [1.807, 2.05) is 0 Å². The highest BCUT2D eigenvalue weighted by Gasteiger charge is 2.47. The topological polar surface area (TPSA) is 76.4 Å². The van der Waals surface area contributed by atoms with Crippen LogP contribution in [0.2, 0.25) is 0 Å². The summed E-state index contributed by atoms with van der Waals surface area (Å²) in [7, 11) is 0. The molecule has 5 nitrogen and oxygen atoms in total. The standard InChI is InChI=1S/C26H35N3O2/c1-2-22-16-23(22)28-18-25(17-21-6-4-20(5-7-21)8-13-27)11-14-29(15-12-25)19-26(24(30)31)9-3-10-26/h2,4-7,22-23,28H,1,3,8-12,14-19H2,(H,30,31)/t22?,23-/m1/s1. The summed E-state index contributed by atoms with van der Waals surface area (Å²) in [6, 6.07) is 11.3. The Morgan fingerprint density at radius 2 is 1.90 bits per heavy atom. The zero-order valence-corrected chi connectivity index (χ0v) is 18.5. The molecule has 1 saturated heterocycles. The Morgan fingerprint density at radius 3 is 2.42 bits per heavy atom. The second kappa shape index (κ2) is 9.14. The average molecular weight is 422 g/mol. The van der Waals surface area contributed by atoms with Crippen molar-refractivity contribution in [1.82, 2.24) is 10.2 Å². The maximum atomic E-state index is 11.8. The van der Waals surface area contributed by atoms with Crippen molar-refractivity contribution in [3.8, 4) is 6.07 Å². The minimum atomic E-state index is -0.612. The maximum absolute atomic E-state index is 11.8. The summed E-state index contributed by atoms with van der Waals surface area (Å²) in [6.45, 7) is 7.58. The number of aliphatic carboxylic acids is 1. The Labute approximate surface area is 186 Å². The summed E-state index contributed by atoms with van der Waals surface area (Å²) >= 11 is 0. The Balaban J connectivity index is 1.40. The molecule has 2 N–H and O–H groups in total. The number of hydrogen-bond acceptors (Lipinski definition) is 4. The maximum Gasteiger partial charge on any atom is 0.310 e. The van der Waals surface area contributed by atoms with Crippen LogP contribution in [0.25, 0.3) is 0 Å². The molecule has 3 fully saturated rings. The largest absolute Gasteiger partial charge is 0.481 e. The predicted molar refractivity (Wildman–Crippen MR) is 122 cm³/mol. The summed E-state index contributed by atoms with van der Waals surface area (Å²) in [6.07, 6.45) is 9.59. The molecule has 0 bridgehead atoms. The smallest absolute Gasteiger partial charge is 0.310 e. The number of nitrogens with one attached hydrogen (secondary N) is 1. The Morgan fingerprint density at radius 1 is 1.23 bits per heavy atom. The molecule has 1 heterocycles. The number of carboxylic acid groups (broad SMARTS) is 1. The minimum absolute atomic E-state index is 0.192. The normalized spacial score (nSPS) is 26.4. The van der Waals surface area contributed by atoms with Gasteiger partial charge in [0.2, 0.25) is 0 Å². The van der Waals surface area contributed by atoms with E-state index in [9.17, 15) is 9.90 Å². The monoisotopic (exact) mass is 421 g/mol. The zero-order valence-electron chi connectivity index (χ0n) is 18.5. The van der Waals surface area contributed by atoms with Crippen LogP contribution in [-0.4, -0.2) is 48.2 Å². The summed E-state index contributed by atoms with van der Waals surface area (Å²) in [5, 5.41) is 22.4. The van der Waals surface area contributed by atoms with Gasteiger partial charge in [-0.05, 0) is 74.1 Å². The van der Waals surface area contributed by atoms with Gasteiger partial charge in [0.05, 0.1) is 17.9 Å². The fraction of sp³-hybridized carbons (Fsp3) is 0.615. The molecule has 166 valence electrons. The van der Waals surface area contributed by atoms with Crippen LogP contribution < -0.4 is 5.32 Å². The molecule has 5 heteroatoms. The van der Waals surface area contributed by atoms with E-state index in [1.54, 1.807) is 0 Å². The number of hydrogen-bond donors (Lipinski definition) is 2. The third kappa shape index (κ3) is 5.02. The fourth-order valence-electron chi connectivity index (χ4n) is 5.43. The highest BCUT2D eigenvalue weighted by Crippen LogP contribution is 2.44. The SMILES string of the molecule is C=CC1C[C@H]1NCC1(Cc2ccc(CC#N)cc2)CCN(CC2(C(=O)O)CCC2)CC1. The Hall–Kier alpha value is -2.16. The molecule has 0 spiro atoms. The number of benzene rings is 1. The first-order chi connectivity index (χ1) is 15.0. The van der Waals surface area contributed by atoms with E-state index in [2.05, 4.69) is 53.2 Å². The van der Waals surface area contributed by atoms with Crippen LogP contribution in [0.5, 0.6) is 0 Å². The van der Waals surface area contributed by atoms with Crippen molar-refractivity contribution in [1.29, 1.82) is 5.26 Å². The molecule has 0 aromatic heterocycles. The van der Waals surface area contributed by atoms with Crippen molar-refractivity contribution in [3.05, 3.63) is 48.0 Å². The van der Waals surface area contributed by atoms with Gasteiger partial charge in [-0.25, -0.2) is 0 Å². The first-order valence-corrected chi connectivity index (χ1v) is 11.7. The van der Waals surface area contributed by atoms with Crippen molar-refractivity contribution < 1.29 is 9.90 Å². The first-order valence-electron chi connectivity index (χ1n) is 11.7. The van der Waals surface area contributed by atoms with Crippen LogP contribution in [0.1, 0.15) is 49.7 Å². The van der Waals surface area contributed by atoms with Crippen molar-refractivity contribution in [3.63, 3.8) is 0 Å². The number of piperidine rings is 1. The van der Waals surface area contributed by atoms with Gasteiger partial charge in [-0.3, -0.25) is 4.79 Å². The molecular formula is C26H35N3O2. The molecule has 2 aliphatic carbocycles. The van der Waals surface area contributed by atoms with Crippen LogP contribution >= 0.6 is 0 Å². The number of carbonyl (C=O) groups is 1. The number of nitrogens with zero attached hydrogens (tertiary/aromatic N) is 2. The van der Waals surface area contributed by atoms with Crippen molar-refractivity contribution in [2.75, 3.05) is 26.2 Å². The van der Waals surface area contributed by atoms with Crippen LogP contribution in [0.3, 0.4) is 0 Å². The molecule has 1 unspecified atom stereocenters. The van der Waals surface area contributed by atoms with Gasteiger partial charge in [-0.15, -0.1) is 6.58 Å². The summed E-state index contributed by atoms with van der Waals surface area (Å²) in [5.41, 5.74) is 2.09. The summed E-state index contributed by atoms with van der Waals surface area (Å²) < 4.78 is 0. The van der Waals surface area contributed by atoms with Gasteiger partial charge in [0.1, 0.15) is 0 Å². The molecule has 3 aliphatic rings. The van der Waals surface area contributed by atoms with Crippen LogP contribution in [0, 0.1) is 28.1 Å². The van der Waals surface area contributed by atoms with E-state index < -0.39 is 11.4 Å². The second-order valence-corrected chi connectivity index (χ2v) is 10.2. The number of carboxylic acids is 1. The number of nitriles is 1. The molecule has 1 aliphatic heterocycles. The van der Waals surface area contributed by atoms with Gasteiger partial charge in [-0.1, -0.05) is 36.8 Å². The molecule has 1 aromatic rings. The van der Waals surface area contributed by atoms with Crippen molar-refractivity contribution >= 4 is 5.97 Å². The van der Waals surface area contributed by atoms with Gasteiger partial charge in [0, 0.05) is 19.1 Å². The van der Waals surface area contributed by atoms with Crippen LogP contribution in [0.4, 0.5) is 0 Å². The highest BCUT2D eigenvalue weighted by atomic mass is 16.4. The summed E-state index contributed by atoms with van der Waals surface area (Å²) in [5.74, 6) is -0.00430. The second-order valence-electron chi connectivity index (χ2n) is 10.2. The number of likely N-dealkylation sites (tertiary alicyclic amines) is 1. The Kier molecular flexibility index (Phi) is 6.50. The van der Waals surface area contributed by atoms with Gasteiger partial charge in [0.25, 0.3) is 0 Å². The van der Waals surface area contributed by atoms with Gasteiger partial charge < -0.3 is 15.3 Å². The highest BCUT2D eigenvalue weighted by molar-refractivity contribution is 5.76. The quantitative estimate of drug-likeness (QED) is 0.562. The lowest BCUT2D eigenvalue weighted by molar-refractivity contribution is -0.156. The van der Waals surface area contributed by atoms with Crippen molar-refractivity contribution in [2.24, 2.45) is 16.7 Å². The molecule has 2 atom stereocenters. The molecule has 0 radical (unpaired) electrons. The van der Waals surface area contributed by atoms with E-state index in [-0.39, 0.29) is 5.41 Å². The van der Waals surface area contributed by atoms with Crippen LogP contribution in [-0.2, 0) is 17.6 Å². The summed E-state index contributed by atoms with van der Waals surface area (Å²) in [4.78, 5) is 14.2.